The van der Waals surface area contributed by atoms with Gasteiger partial charge in [-0.25, -0.2) is 4.98 Å². The number of carbonyl (C=O) groups is 2. The topological polar surface area (TPSA) is 121 Å². The van der Waals surface area contributed by atoms with Crippen LogP contribution in [0.15, 0.2) is 25.4 Å². The first-order valence-corrected chi connectivity index (χ1v) is 11.0. The number of primary amides is 1. The van der Waals surface area contributed by atoms with Gasteiger partial charge in [-0.2, -0.15) is 0 Å². The molecular weight excluding hydrogens is 480 g/mol. The van der Waals surface area contributed by atoms with Gasteiger partial charge in [0, 0.05) is 5.69 Å². The first-order valence-electron chi connectivity index (χ1n) is 8.40. The van der Waals surface area contributed by atoms with Gasteiger partial charge in [-0.05, 0) is 60.0 Å². The molecule has 0 bridgehead atoms. The number of rotatable bonds is 7. The highest BCUT2D eigenvalue weighted by atomic mass is 79.9. The standard InChI is InChI=1S/C18H17BrN4O4S2/c1-8-9(2)15(16(20)25)18(21-10(8)3)28-7-14(24)26-6-13-22-23-17(27-13)11-4-5-12(19)29-11/h4-5H,6-7H2,1-3H3,(H2,20,25). The number of nitrogens with zero attached hydrogens (tertiary/aromatic N) is 3. The lowest BCUT2D eigenvalue weighted by Gasteiger charge is -2.13. The van der Waals surface area contributed by atoms with Crippen LogP contribution in [0.2, 0.25) is 0 Å². The molecule has 2 N–H and O–H groups in total. The number of carbonyl (C=O) groups excluding carboxylic acids is 2. The highest BCUT2D eigenvalue weighted by Crippen LogP contribution is 2.30. The molecule has 152 valence electrons. The van der Waals surface area contributed by atoms with Crippen LogP contribution in [0.25, 0.3) is 10.8 Å². The number of esters is 1. The SMILES string of the molecule is Cc1nc(SCC(=O)OCc2nnc(-c3ccc(Br)s3)o2)c(C(N)=O)c(C)c1C. The molecular formula is C18H17BrN4O4S2. The molecule has 3 aromatic heterocycles. The van der Waals surface area contributed by atoms with Gasteiger partial charge in [0.05, 0.1) is 20.0 Å². The van der Waals surface area contributed by atoms with Gasteiger partial charge < -0.3 is 14.9 Å². The van der Waals surface area contributed by atoms with Crippen molar-refractivity contribution in [2.24, 2.45) is 5.73 Å². The molecule has 0 aromatic carbocycles. The third kappa shape index (κ3) is 5.03. The molecule has 0 fully saturated rings. The number of aryl methyl sites for hydroxylation is 1. The highest BCUT2D eigenvalue weighted by molar-refractivity contribution is 9.11. The maximum Gasteiger partial charge on any atom is 0.316 e. The lowest BCUT2D eigenvalue weighted by molar-refractivity contribution is -0.142. The number of ether oxygens (including phenoxy) is 1. The summed E-state index contributed by atoms with van der Waals surface area (Å²) in [4.78, 5) is 29.1. The maximum absolute atomic E-state index is 12.1. The van der Waals surface area contributed by atoms with Crippen molar-refractivity contribution < 1.29 is 18.7 Å². The van der Waals surface area contributed by atoms with E-state index in [0.717, 1.165) is 37.2 Å². The molecule has 0 saturated heterocycles. The molecule has 8 nitrogen and oxygen atoms in total. The second-order valence-electron chi connectivity index (χ2n) is 6.05. The summed E-state index contributed by atoms with van der Waals surface area (Å²) in [6, 6.07) is 3.73. The van der Waals surface area contributed by atoms with Crippen molar-refractivity contribution in [3.8, 4) is 10.8 Å². The Kier molecular flexibility index (Phi) is 6.70. The van der Waals surface area contributed by atoms with Crippen LogP contribution in [0.3, 0.4) is 0 Å². The summed E-state index contributed by atoms with van der Waals surface area (Å²) >= 11 is 5.93. The summed E-state index contributed by atoms with van der Waals surface area (Å²) in [7, 11) is 0. The second-order valence-corrected chi connectivity index (χ2v) is 9.47. The molecule has 0 spiro atoms. The Morgan fingerprint density at radius 3 is 2.66 bits per heavy atom. The van der Waals surface area contributed by atoms with Gasteiger partial charge in [-0.15, -0.1) is 21.5 Å². The number of hydrogen-bond donors (Lipinski definition) is 1. The third-order valence-corrected chi connectivity index (χ3v) is 6.70. The summed E-state index contributed by atoms with van der Waals surface area (Å²) in [6.07, 6.45) is 0. The largest absolute Gasteiger partial charge is 0.455 e. The van der Waals surface area contributed by atoms with E-state index in [0.29, 0.717) is 16.5 Å². The van der Waals surface area contributed by atoms with Crippen molar-refractivity contribution in [1.29, 1.82) is 0 Å². The fourth-order valence-corrected chi connectivity index (χ4v) is 4.70. The lowest BCUT2D eigenvalue weighted by atomic mass is 10.0. The van der Waals surface area contributed by atoms with E-state index < -0.39 is 11.9 Å². The van der Waals surface area contributed by atoms with Crippen LogP contribution in [0, 0.1) is 20.8 Å². The van der Waals surface area contributed by atoms with Crippen molar-refractivity contribution in [3.05, 3.63) is 44.2 Å². The molecule has 11 heteroatoms. The summed E-state index contributed by atoms with van der Waals surface area (Å²) < 4.78 is 11.6. The summed E-state index contributed by atoms with van der Waals surface area (Å²) in [5.41, 5.74) is 8.26. The van der Waals surface area contributed by atoms with Crippen LogP contribution in [0.5, 0.6) is 0 Å². The van der Waals surface area contributed by atoms with Gasteiger partial charge in [-0.1, -0.05) is 11.8 Å². The Labute approximate surface area is 183 Å². The highest BCUT2D eigenvalue weighted by Gasteiger charge is 2.19. The number of thioether (sulfide) groups is 1. The predicted octanol–water partition coefficient (Wildman–Crippen LogP) is 3.82. The van der Waals surface area contributed by atoms with E-state index in [1.807, 2.05) is 32.9 Å². The Hall–Kier alpha value is -2.24. The number of thiophene rings is 1. The van der Waals surface area contributed by atoms with Crippen LogP contribution in [-0.2, 0) is 16.1 Å². The minimum atomic E-state index is -0.576. The average molecular weight is 497 g/mol. The summed E-state index contributed by atoms with van der Waals surface area (Å²) in [6.45, 7) is 5.39. The van der Waals surface area contributed by atoms with E-state index in [4.69, 9.17) is 14.9 Å². The fourth-order valence-electron chi connectivity index (χ4n) is 2.46. The summed E-state index contributed by atoms with van der Waals surface area (Å²) in [5, 5.41) is 8.24. The first kappa shape index (κ1) is 21.5. The minimum Gasteiger partial charge on any atom is -0.455 e. The smallest absolute Gasteiger partial charge is 0.316 e. The molecule has 29 heavy (non-hydrogen) atoms. The monoisotopic (exact) mass is 496 g/mol. The van der Waals surface area contributed by atoms with Crippen LogP contribution in [0.1, 0.15) is 33.1 Å². The summed E-state index contributed by atoms with van der Waals surface area (Å²) in [5.74, 6) is -0.550. The fraction of sp³-hybridized carbons (Fsp3) is 0.278. The van der Waals surface area contributed by atoms with Crippen LogP contribution in [-0.4, -0.2) is 32.8 Å². The van der Waals surface area contributed by atoms with Crippen LogP contribution in [0.4, 0.5) is 0 Å². The molecule has 1 amide bonds. The van der Waals surface area contributed by atoms with Crippen molar-refractivity contribution in [2.75, 3.05) is 5.75 Å². The van der Waals surface area contributed by atoms with E-state index in [-0.39, 0.29) is 18.3 Å². The number of amides is 1. The van der Waals surface area contributed by atoms with Gasteiger partial charge >= 0.3 is 5.97 Å². The van der Waals surface area contributed by atoms with Crippen molar-refractivity contribution in [2.45, 2.75) is 32.4 Å². The van der Waals surface area contributed by atoms with E-state index in [1.54, 1.807) is 0 Å². The number of nitrogens with two attached hydrogens (primary N) is 1. The van der Waals surface area contributed by atoms with Crippen LogP contribution < -0.4 is 5.73 Å². The predicted molar refractivity (Wildman–Crippen MR) is 113 cm³/mol. The van der Waals surface area contributed by atoms with Gasteiger partial charge in [0.1, 0.15) is 5.03 Å². The Morgan fingerprint density at radius 1 is 1.24 bits per heavy atom. The average Bonchev–Trinajstić information content (AvgIpc) is 3.31. The molecule has 3 aromatic rings. The van der Waals surface area contributed by atoms with Crippen LogP contribution >= 0.6 is 39.0 Å². The normalized spacial score (nSPS) is 10.9. The van der Waals surface area contributed by atoms with E-state index in [1.165, 1.54) is 11.3 Å². The molecule has 0 radical (unpaired) electrons. The quantitative estimate of drug-likeness (QED) is 0.386. The van der Waals surface area contributed by atoms with Crippen molar-refractivity contribution in [1.82, 2.24) is 15.2 Å². The molecule has 3 rings (SSSR count). The zero-order valence-electron chi connectivity index (χ0n) is 15.8. The first-order chi connectivity index (χ1) is 13.8. The number of pyridine rings is 1. The maximum atomic E-state index is 12.1. The van der Waals surface area contributed by atoms with E-state index >= 15 is 0 Å². The third-order valence-electron chi connectivity index (χ3n) is 4.14. The molecule has 0 unspecified atom stereocenters. The van der Waals surface area contributed by atoms with Gasteiger partial charge in [0.15, 0.2) is 6.61 Å². The van der Waals surface area contributed by atoms with Gasteiger partial charge in [0.25, 0.3) is 17.7 Å². The number of hydrogen-bond acceptors (Lipinski definition) is 9. The number of halogens is 1. The molecule has 0 aliphatic carbocycles. The Morgan fingerprint density at radius 2 is 2.00 bits per heavy atom. The Balaban J connectivity index is 1.60. The lowest BCUT2D eigenvalue weighted by Crippen LogP contribution is -2.17. The zero-order chi connectivity index (χ0) is 21.1. The molecule has 3 heterocycles. The molecule has 0 aliphatic heterocycles. The minimum absolute atomic E-state index is 0.0336. The molecule has 0 atom stereocenters. The zero-order valence-corrected chi connectivity index (χ0v) is 19.0. The molecule has 0 aliphatic rings. The number of aromatic nitrogens is 3. The van der Waals surface area contributed by atoms with Crippen molar-refractivity contribution >= 4 is 50.9 Å². The Bertz CT molecular complexity index is 1080. The van der Waals surface area contributed by atoms with Crippen molar-refractivity contribution in [3.63, 3.8) is 0 Å². The van der Waals surface area contributed by atoms with E-state index in [9.17, 15) is 9.59 Å². The molecule has 0 saturated carbocycles. The van der Waals surface area contributed by atoms with Gasteiger partial charge in [-0.3, -0.25) is 9.59 Å². The second kappa shape index (κ2) is 9.06. The van der Waals surface area contributed by atoms with Gasteiger partial charge in [0.2, 0.25) is 0 Å². The van der Waals surface area contributed by atoms with E-state index in [2.05, 4.69) is 31.1 Å².